The molecule has 2 N–H and O–H groups in total. The van der Waals surface area contributed by atoms with E-state index >= 15 is 0 Å². The molecule has 2 aromatic carbocycles. The van der Waals surface area contributed by atoms with Crippen LogP contribution < -0.4 is 10.6 Å². The number of hydrogen-bond acceptors (Lipinski definition) is 2. The van der Waals surface area contributed by atoms with Crippen molar-refractivity contribution in [2.24, 2.45) is 0 Å². The Bertz CT molecular complexity index is 621. The lowest BCUT2D eigenvalue weighted by Crippen LogP contribution is -2.16. The fraction of sp³-hybridized carbons (Fsp3) is 0.188. The normalized spacial score (nSPS) is 12.0. The first-order valence-electron chi connectivity index (χ1n) is 6.55. The summed E-state index contributed by atoms with van der Waals surface area (Å²) >= 11 is 0. The van der Waals surface area contributed by atoms with Gasteiger partial charge < -0.3 is 10.6 Å². The Kier molecular flexibility index (Phi) is 4.65. The van der Waals surface area contributed by atoms with E-state index in [-0.39, 0.29) is 6.04 Å². The maximum Gasteiger partial charge on any atom is 0.261 e. The highest BCUT2D eigenvalue weighted by Crippen LogP contribution is 2.18. The zero-order chi connectivity index (χ0) is 15.4. The number of anilines is 1. The van der Waals surface area contributed by atoms with Crippen molar-refractivity contribution in [3.63, 3.8) is 0 Å². The standard InChI is InChI=1S/C16H16F2N2O/c1-10(19-2)11-6-8-12(9-7-11)20-16(21)15-13(17)4-3-5-14(15)18/h3-10,19H,1-2H3,(H,20,21). The Morgan fingerprint density at radius 3 is 2.14 bits per heavy atom. The molecule has 21 heavy (non-hydrogen) atoms. The Hall–Kier alpha value is -2.27. The molecule has 110 valence electrons. The molecular weight excluding hydrogens is 274 g/mol. The SMILES string of the molecule is CNC(C)c1ccc(NC(=O)c2c(F)cccc2F)cc1. The number of halogens is 2. The highest BCUT2D eigenvalue weighted by molar-refractivity contribution is 6.04. The van der Waals surface area contributed by atoms with Gasteiger partial charge in [-0.2, -0.15) is 0 Å². The minimum Gasteiger partial charge on any atom is -0.322 e. The van der Waals surface area contributed by atoms with E-state index in [1.807, 2.05) is 26.1 Å². The predicted octanol–water partition coefficient (Wildman–Crippen LogP) is 3.50. The second-order valence-corrected chi connectivity index (χ2v) is 4.68. The lowest BCUT2D eigenvalue weighted by molar-refractivity contribution is 0.101. The molecule has 0 radical (unpaired) electrons. The van der Waals surface area contributed by atoms with E-state index in [4.69, 9.17) is 0 Å². The van der Waals surface area contributed by atoms with Gasteiger partial charge in [0.05, 0.1) is 0 Å². The smallest absolute Gasteiger partial charge is 0.261 e. The van der Waals surface area contributed by atoms with Crippen LogP contribution in [0.3, 0.4) is 0 Å². The molecule has 1 unspecified atom stereocenters. The first kappa shape index (κ1) is 15.1. The van der Waals surface area contributed by atoms with Gasteiger partial charge in [0, 0.05) is 11.7 Å². The quantitative estimate of drug-likeness (QED) is 0.905. The average Bonchev–Trinajstić information content (AvgIpc) is 2.47. The highest BCUT2D eigenvalue weighted by atomic mass is 19.1. The third-order valence-corrected chi connectivity index (χ3v) is 3.29. The average molecular weight is 290 g/mol. The largest absolute Gasteiger partial charge is 0.322 e. The highest BCUT2D eigenvalue weighted by Gasteiger charge is 2.17. The summed E-state index contributed by atoms with van der Waals surface area (Å²) in [6.45, 7) is 2.00. The minimum absolute atomic E-state index is 0.179. The second-order valence-electron chi connectivity index (χ2n) is 4.68. The van der Waals surface area contributed by atoms with Crippen molar-refractivity contribution in [1.29, 1.82) is 0 Å². The molecule has 3 nitrogen and oxygen atoms in total. The van der Waals surface area contributed by atoms with E-state index in [2.05, 4.69) is 10.6 Å². The maximum atomic E-state index is 13.5. The van der Waals surface area contributed by atoms with Gasteiger partial charge in [-0.05, 0) is 43.8 Å². The van der Waals surface area contributed by atoms with E-state index in [1.165, 1.54) is 6.07 Å². The van der Waals surface area contributed by atoms with Crippen LogP contribution in [0, 0.1) is 11.6 Å². The van der Waals surface area contributed by atoms with Crippen molar-refractivity contribution in [1.82, 2.24) is 5.32 Å². The van der Waals surface area contributed by atoms with Crippen LogP contribution in [-0.2, 0) is 0 Å². The number of benzene rings is 2. The number of rotatable bonds is 4. The molecule has 0 fully saturated rings. The van der Waals surface area contributed by atoms with Crippen molar-refractivity contribution < 1.29 is 13.6 Å². The van der Waals surface area contributed by atoms with Crippen LogP contribution in [0.25, 0.3) is 0 Å². The third kappa shape index (κ3) is 3.44. The number of carbonyl (C=O) groups excluding carboxylic acids is 1. The molecule has 2 aromatic rings. The first-order chi connectivity index (χ1) is 10.0. The number of amides is 1. The summed E-state index contributed by atoms with van der Waals surface area (Å²) in [4.78, 5) is 11.9. The first-order valence-corrected chi connectivity index (χ1v) is 6.55. The van der Waals surface area contributed by atoms with Crippen molar-refractivity contribution in [2.45, 2.75) is 13.0 Å². The lowest BCUT2D eigenvalue weighted by Gasteiger charge is -2.12. The molecule has 0 saturated carbocycles. The Balaban J connectivity index is 2.16. The van der Waals surface area contributed by atoms with Crippen LogP contribution in [0.4, 0.5) is 14.5 Å². The van der Waals surface area contributed by atoms with E-state index in [9.17, 15) is 13.6 Å². The van der Waals surface area contributed by atoms with Crippen LogP contribution in [0.1, 0.15) is 28.9 Å². The van der Waals surface area contributed by atoms with Gasteiger partial charge in [0.2, 0.25) is 0 Å². The fourth-order valence-corrected chi connectivity index (χ4v) is 1.93. The van der Waals surface area contributed by atoms with E-state index < -0.39 is 23.1 Å². The monoisotopic (exact) mass is 290 g/mol. The molecule has 5 heteroatoms. The molecule has 0 spiro atoms. The zero-order valence-electron chi connectivity index (χ0n) is 11.8. The summed E-state index contributed by atoms with van der Waals surface area (Å²) in [7, 11) is 1.85. The molecular formula is C16H16F2N2O. The molecule has 2 rings (SSSR count). The van der Waals surface area contributed by atoms with Crippen LogP contribution in [0.15, 0.2) is 42.5 Å². The van der Waals surface area contributed by atoms with Gasteiger partial charge in [-0.15, -0.1) is 0 Å². The molecule has 0 saturated heterocycles. The lowest BCUT2D eigenvalue weighted by atomic mass is 10.1. The topological polar surface area (TPSA) is 41.1 Å². The van der Waals surface area contributed by atoms with Crippen LogP contribution in [0.2, 0.25) is 0 Å². The van der Waals surface area contributed by atoms with Gasteiger partial charge in [-0.3, -0.25) is 4.79 Å². The molecule has 0 aliphatic rings. The Labute approximate surface area is 122 Å². The molecule has 0 aliphatic carbocycles. The Morgan fingerprint density at radius 2 is 1.62 bits per heavy atom. The van der Waals surface area contributed by atoms with Gasteiger partial charge in [0.1, 0.15) is 17.2 Å². The Morgan fingerprint density at radius 1 is 1.05 bits per heavy atom. The van der Waals surface area contributed by atoms with E-state index in [0.29, 0.717) is 5.69 Å². The van der Waals surface area contributed by atoms with Crippen LogP contribution in [0.5, 0.6) is 0 Å². The second kappa shape index (κ2) is 6.45. The van der Waals surface area contributed by atoms with Gasteiger partial charge >= 0.3 is 0 Å². The molecule has 1 atom stereocenters. The van der Waals surface area contributed by atoms with Crippen molar-refractivity contribution in [2.75, 3.05) is 12.4 Å². The molecule has 1 amide bonds. The summed E-state index contributed by atoms with van der Waals surface area (Å²) in [6.07, 6.45) is 0. The molecule has 0 aliphatic heterocycles. The van der Waals surface area contributed by atoms with Gasteiger partial charge in [-0.25, -0.2) is 8.78 Å². The summed E-state index contributed by atoms with van der Waals surface area (Å²) in [5.74, 6) is -2.57. The van der Waals surface area contributed by atoms with Crippen molar-refractivity contribution in [3.8, 4) is 0 Å². The molecule has 0 heterocycles. The number of nitrogens with one attached hydrogen (secondary N) is 2. The van der Waals surface area contributed by atoms with Gasteiger partial charge in [-0.1, -0.05) is 18.2 Å². The van der Waals surface area contributed by atoms with E-state index in [0.717, 1.165) is 17.7 Å². The summed E-state index contributed by atoms with van der Waals surface area (Å²) in [6, 6.07) is 10.6. The fourth-order valence-electron chi connectivity index (χ4n) is 1.93. The summed E-state index contributed by atoms with van der Waals surface area (Å²) in [5, 5.41) is 5.58. The van der Waals surface area contributed by atoms with Crippen LogP contribution in [-0.4, -0.2) is 13.0 Å². The predicted molar refractivity (Wildman–Crippen MR) is 78.2 cm³/mol. The zero-order valence-corrected chi connectivity index (χ0v) is 11.8. The third-order valence-electron chi connectivity index (χ3n) is 3.29. The minimum atomic E-state index is -0.882. The van der Waals surface area contributed by atoms with E-state index in [1.54, 1.807) is 12.1 Å². The number of carbonyl (C=O) groups is 1. The van der Waals surface area contributed by atoms with Crippen LogP contribution >= 0.6 is 0 Å². The summed E-state index contributed by atoms with van der Waals surface area (Å²) in [5.41, 5.74) is 0.951. The molecule has 0 aromatic heterocycles. The van der Waals surface area contributed by atoms with Gasteiger partial charge in [0.25, 0.3) is 5.91 Å². The van der Waals surface area contributed by atoms with Crippen molar-refractivity contribution in [3.05, 3.63) is 65.2 Å². The maximum absolute atomic E-state index is 13.5. The summed E-state index contributed by atoms with van der Waals surface area (Å²) < 4.78 is 27.0. The number of hydrogen-bond donors (Lipinski definition) is 2. The van der Waals surface area contributed by atoms with Gasteiger partial charge in [0.15, 0.2) is 0 Å². The van der Waals surface area contributed by atoms with Crippen molar-refractivity contribution >= 4 is 11.6 Å². The molecule has 0 bridgehead atoms.